The van der Waals surface area contributed by atoms with Crippen molar-refractivity contribution >= 4 is 135 Å². The van der Waals surface area contributed by atoms with Crippen LogP contribution in [0.15, 0.2) is 72.8 Å². The zero-order chi connectivity index (χ0) is 37.8. The van der Waals surface area contributed by atoms with Crippen LogP contribution in [0.25, 0.3) is 152 Å². The van der Waals surface area contributed by atoms with E-state index in [0.29, 0.717) is 6.42 Å². The van der Waals surface area contributed by atoms with Crippen molar-refractivity contribution in [2.75, 3.05) is 7.11 Å². The average molecular weight is 755 g/mol. The topological polar surface area (TPSA) is 26.3 Å². The van der Waals surface area contributed by atoms with E-state index in [9.17, 15) is 4.79 Å². The van der Waals surface area contributed by atoms with Gasteiger partial charge in [-0.1, -0.05) is 61.5 Å². The Balaban J connectivity index is 1.14. The molecule has 0 aliphatic heterocycles. The van der Waals surface area contributed by atoms with Gasteiger partial charge in [-0.25, -0.2) is 0 Å². The Morgan fingerprint density at radius 2 is 1.18 bits per heavy atom. The van der Waals surface area contributed by atoms with Crippen molar-refractivity contribution in [1.82, 2.24) is 0 Å². The number of benzene rings is 11. The lowest BCUT2D eigenvalue weighted by Crippen LogP contribution is -2.53. The highest BCUT2D eigenvalue weighted by Crippen LogP contribution is 2.83. The summed E-state index contributed by atoms with van der Waals surface area (Å²) < 4.78 is 5.33. The molecular formula is C58H26O2. The van der Waals surface area contributed by atoms with Crippen LogP contribution in [0.3, 0.4) is 0 Å². The third-order valence-electron chi connectivity index (χ3n) is 19.5. The normalized spacial score (nSPS) is 22.0. The summed E-state index contributed by atoms with van der Waals surface area (Å²) in [5.41, 5.74) is 18.0. The third kappa shape index (κ3) is 1.89. The highest BCUT2D eigenvalue weighted by Gasteiger charge is 2.69. The van der Waals surface area contributed by atoms with Crippen molar-refractivity contribution in [3.8, 4) is 22.3 Å². The first-order chi connectivity index (χ1) is 29.6. The smallest absolute Gasteiger partial charge is 0.305 e. The van der Waals surface area contributed by atoms with Gasteiger partial charge in [-0.15, -0.1) is 0 Å². The van der Waals surface area contributed by atoms with Gasteiger partial charge in [0, 0.05) is 29.1 Å². The average Bonchev–Trinajstić information content (AvgIpc) is 4.09. The van der Waals surface area contributed by atoms with Crippen LogP contribution in [0.1, 0.15) is 82.5 Å². The number of carbonyl (C=O) groups excluding carboxylic acids is 1. The van der Waals surface area contributed by atoms with Gasteiger partial charge in [0.2, 0.25) is 0 Å². The maximum atomic E-state index is 13.0. The fourth-order valence-corrected chi connectivity index (χ4v) is 18.2. The second kappa shape index (κ2) is 7.17. The number of ether oxygens (including phenoxy) is 1. The number of hydrogen-bond acceptors (Lipinski definition) is 2. The predicted molar refractivity (Wildman–Crippen MR) is 245 cm³/mol. The minimum atomic E-state index is -0.380. The Morgan fingerprint density at radius 3 is 2.03 bits per heavy atom. The number of fused-ring (bicyclic) bond motifs is 6. The van der Waals surface area contributed by atoms with E-state index in [0.717, 1.165) is 12.8 Å². The lowest BCUT2D eigenvalue weighted by atomic mass is 9.44. The van der Waals surface area contributed by atoms with Gasteiger partial charge in [-0.2, -0.15) is 0 Å². The van der Waals surface area contributed by atoms with E-state index in [1.165, 1.54) is 54.4 Å². The summed E-state index contributed by atoms with van der Waals surface area (Å²) in [7, 11) is 1.54. The van der Waals surface area contributed by atoms with Gasteiger partial charge in [0.25, 0.3) is 0 Å². The molecule has 15 aromatic carbocycles. The van der Waals surface area contributed by atoms with Crippen molar-refractivity contribution in [1.29, 1.82) is 0 Å². The molecule has 0 aromatic heterocycles. The first-order valence-electron chi connectivity index (χ1n) is 22.2. The molecule has 6 aliphatic rings. The van der Waals surface area contributed by atoms with Crippen molar-refractivity contribution in [2.24, 2.45) is 0 Å². The van der Waals surface area contributed by atoms with Crippen LogP contribution in [0.2, 0.25) is 0 Å². The molecule has 270 valence electrons. The Hall–Kier alpha value is -6.77. The van der Waals surface area contributed by atoms with Crippen LogP contribution >= 0.6 is 0 Å². The first-order valence-corrected chi connectivity index (χ1v) is 22.2. The number of methoxy groups -OCH3 is 1. The van der Waals surface area contributed by atoms with Gasteiger partial charge in [0.15, 0.2) is 0 Å². The van der Waals surface area contributed by atoms with Gasteiger partial charge in [0.05, 0.1) is 7.11 Å². The standard InChI is InChI=1S/C58H26O2/c1-57(14-6-9-28(59)60-2,19-7-4-3-5-8-19)58-54-21-11-10-20-25-17-26-24-15-18-16-27-34-30-23-13-12-22(21)55(58)37(23)44-43(30)47-41(34)35(27)39-29(18)38-31(24)32(26)40-33(25)42(36(20)54)52-50-48(40)45(38)46(39)49(47)51(50)53(44)56(52)58/h3-5,7-8,10-13,15-17,30,56H,6,9,14H2,1-2H3. The highest BCUT2D eigenvalue weighted by molar-refractivity contribution is 6.65. The molecule has 0 bridgehead atoms. The predicted octanol–water partition coefficient (Wildman–Crippen LogP) is 14.3. The lowest BCUT2D eigenvalue weighted by molar-refractivity contribution is -0.140. The van der Waals surface area contributed by atoms with Gasteiger partial charge < -0.3 is 4.74 Å². The monoisotopic (exact) mass is 754 g/mol. The Morgan fingerprint density at radius 1 is 0.567 bits per heavy atom. The van der Waals surface area contributed by atoms with Gasteiger partial charge in [0.1, 0.15) is 0 Å². The molecule has 15 aromatic rings. The Labute approximate surface area is 338 Å². The second-order valence-corrected chi connectivity index (χ2v) is 20.6. The van der Waals surface area contributed by atoms with Crippen LogP contribution in [0.5, 0.6) is 0 Å². The second-order valence-electron chi connectivity index (χ2n) is 20.6. The molecule has 0 heterocycles. The summed E-state index contributed by atoms with van der Waals surface area (Å²) in [5.74, 6) is 0.336. The molecule has 0 spiro atoms. The minimum Gasteiger partial charge on any atom is -0.469 e. The van der Waals surface area contributed by atoms with Crippen LogP contribution < -0.4 is 0 Å². The van der Waals surface area contributed by atoms with Crippen LogP contribution in [0.4, 0.5) is 0 Å². The van der Waals surface area contributed by atoms with E-state index in [1.807, 2.05) is 0 Å². The van der Waals surface area contributed by atoms with Crippen molar-refractivity contribution < 1.29 is 9.53 Å². The van der Waals surface area contributed by atoms with Gasteiger partial charge >= 0.3 is 5.97 Å². The summed E-state index contributed by atoms with van der Waals surface area (Å²) >= 11 is 0. The number of esters is 1. The summed E-state index contributed by atoms with van der Waals surface area (Å²) in [6, 6.07) is 29.7. The molecule has 2 nitrogen and oxygen atoms in total. The lowest BCUT2D eigenvalue weighted by Gasteiger charge is -2.57. The fourth-order valence-electron chi connectivity index (χ4n) is 18.2. The number of rotatable bonds is 6. The molecule has 2 heteroatoms. The van der Waals surface area contributed by atoms with Gasteiger partial charge in [-0.05, 0) is 227 Å². The Kier molecular flexibility index (Phi) is 3.24. The van der Waals surface area contributed by atoms with Crippen LogP contribution in [0, 0.1) is 0 Å². The van der Waals surface area contributed by atoms with E-state index < -0.39 is 0 Å². The maximum absolute atomic E-state index is 13.0. The molecule has 0 N–H and O–H groups in total. The minimum absolute atomic E-state index is 0.112. The molecule has 6 aliphatic carbocycles. The largest absolute Gasteiger partial charge is 0.469 e. The van der Waals surface area contributed by atoms with Crippen molar-refractivity contribution in [3.05, 3.63) is 117 Å². The molecule has 4 atom stereocenters. The van der Waals surface area contributed by atoms with E-state index in [4.69, 9.17) is 4.74 Å². The maximum Gasteiger partial charge on any atom is 0.305 e. The summed E-state index contributed by atoms with van der Waals surface area (Å²) in [4.78, 5) is 13.0. The van der Waals surface area contributed by atoms with Crippen LogP contribution in [-0.2, 0) is 20.4 Å². The molecule has 60 heavy (non-hydrogen) atoms. The van der Waals surface area contributed by atoms with Crippen LogP contribution in [-0.4, -0.2) is 13.1 Å². The zero-order valence-corrected chi connectivity index (χ0v) is 32.5. The zero-order valence-electron chi connectivity index (χ0n) is 32.5. The quantitative estimate of drug-likeness (QED) is 0.0960. The fraction of sp³-hybridized carbons (Fsp3) is 0.155. The number of carbonyl (C=O) groups is 1. The summed E-state index contributed by atoms with van der Waals surface area (Å²) in [5, 5.41) is 37.2. The molecule has 0 saturated carbocycles. The first kappa shape index (κ1) is 27.1. The van der Waals surface area contributed by atoms with E-state index in [1.54, 1.807) is 149 Å². The molecule has 4 unspecified atom stereocenters. The molecule has 0 amide bonds. The van der Waals surface area contributed by atoms with Crippen molar-refractivity contribution in [2.45, 2.75) is 48.9 Å². The third-order valence-corrected chi connectivity index (χ3v) is 19.5. The molecule has 0 saturated heterocycles. The van der Waals surface area contributed by atoms with Gasteiger partial charge in [-0.3, -0.25) is 4.79 Å². The highest BCUT2D eigenvalue weighted by atomic mass is 16.5. The molecule has 0 radical (unpaired) electrons. The molecule has 0 fully saturated rings. The van der Waals surface area contributed by atoms with E-state index in [-0.39, 0.29) is 28.6 Å². The van der Waals surface area contributed by atoms with E-state index >= 15 is 0 Å². The summed E-state index contributed by atoms with van der Waals surface area (Å²) in [6.45, 7) is 2.62. The molecule has 21 rings (SSSR count). The number of hydrogen-bond donors (Lipinski definition) is 0. The van der Waals surface area contributed by atoms with Crippen molar-refractivity contribution in [3.63, 3.8) is 0 Å². The summed E-state index contributed by atoms with van der Waals surface area (Å²) in [6.07, 6.45) is 2.09. The SMILES string of the molecule is COC(=O)CCCC(C)(c1ccccc1)C12c3c4ccc5c3-c3c6c7c8c(c9cc%10cc%11c%12cc%13c%14ccc-4c1c%14c1c4c%14c(c3C42)c7c2c(c98)c%10c3c%11c%12c(c%131)c%14c32)C56. The molecular weight excluding hydrogens is 729 g/mol. The van der Waals surface area contributed by atoms with E-state index in [2.05, 4.69) is 79.7 Å². The Bertz CT molecular complexity index is 4740.